The van der Waals surface area contributed by atoms with Gasteiger partial charge in [0.2, 0.25) is 0 Å². The van der Waals surface area contributed by atoms with Crippen LogP contribution in [0.1, 0.15) is 6.42 Å². The van der Waals surface area contributed by atoms with E-state index in [1.165, 1.54) is 0 Å². The monoisotopic (exact) mass is 326 g/mol. The number of rotatable bonds is 1. The van der Waals surface area contributed by atoms with E-state index in [0.29, 0.717) is 11.6 Å². The molecule has 1 aliphatic heterocycles. The number of nitrogens with zero attached hydrogens (tertiary/aromatic N) is 2. The molecule has 1 aromatic heterocycles. The fraction of sp³-hybridized carbons (Fsp3) is 0.308. The van der Waals surface area contributed by atoms with Gasteiger partial charge in [-0.15, -0.1) is 0 Å². The Balaban J connectivity index is 2.17. The lowest BCUT2D eigenvalue weighted by Gasteiger charge is -2.20. The Hall–Kier alpha value is -0.840. The Morgan fingerprint density at radius 2 is 2.28 bits per heavy atom. The van der Waals surface area contributed by atoms with Crippen LogP contribution in [-0.2, 0) is 0 Å². The summed E-state index contributed by atoms with van der Waals surface area (Å²) in [7, 11) is 0. The molecule has 0 saturated carbocycles. The summed E-state index contributed by atoms with van der Waals surface area (Å²) in [6, 6.07) is 5.84. The van der Waals surface area contributed by atoms with Crippen LogP contribution in [-0.4, -0.2) is 29.3 Å². The van der Waals surface area contributed by atoms with Crippen LogP contribution in [0, 0.1) is 0 Å². The third-order valence-electron chi connectivity index (χ3n) is 3.24. The highest BCUT2D eigenvalue weighted by molar-refractivity contribution is 9.10. The first-order valence-electron chi connectivity index (χ1n) is 5.82. The van der Waals surface area contributed by atoms with Crippen molar-refractivity contribution in [2.45, 2.75) is 12.5 Å². The van der Waals surface area contributed by atoms with Gasteiger partial charge in [-0.3, -0.25) is 4.98 Å². The van der Waals surface area contributed by atoms with E-state index in [-0.39, 0.29) is 6.10 Å². The normalized spacial score (nSPS) is 19.7. The first-order valence-corrected chi connectivity index (χ1v) is 6.99. The lowest BCUT2D eigenvalue weighted by Crippen LogP contribution is -2.21. The number of pyridine rings is 1. The van der Waals surface area contributed by atoms with Gasteiger partial charge in [0.05, 0.1) is 16.6 Å². The lowest BCUT2D eigenvalue weighted by molar-refractivity contribution is 0.198. The van der Waals surface area contributed by atoms with Crippen molar-refractivity contribution < 1.29 is 5.11 Å². The second-order valence-corrected chi connectivity index (χ2v) is 5.83. The second-order valence-electron chi connectivity index (χ2n) is 4.50. The van der Waals surface area contributed by atoms with E-state index in [1.54, 1.807) is 6.20 Å². The average Bonchev–Trinajstić information content (AvgIpc) is 2.75. The minimum atomic E-state index is -0.240. The van der Waals surface area contributed by atoms with Crippen LogP contribution >= 0.6 is 27.5 Å². The predicted molar refractivity (Wildman–Crippen MR) is 77.3 cm³/mol. The van der Waals surface area contributed by atoms with Gasteiger partial charge < -0.3 is 10.0 Å². The molecule has 0 unspecified atom stereocenters. The van der Waals surface area contributed by atoms with Crippen molar-refractivity contribution in [3.63, 3.8) is 0 Å². The lowest BCUT2D eigenvalue weighted by atomic mass is 10.1. The van der Waals surface area contributed by atoms with Crippen LogP contribution in [0.4, 0.5) is 5.69 Å². The molecule has 1 N–H and O–H groups in total. The summed E-state index contributed by atoms with van der Waals surface area (Å²) >= 11 is 9.67. The Morgan fingerprint density at radius 3 is 3.00 bits per heavy atom. The quantitative estimate of drug-likeness (QED) is 0.873. The first kappa shape index (κ1) is 12.2. The molecular weight excluding hydrogens is 316 g/mol. The van der Waals surface area contributed by atoms with E-state index < -0.39 is 0 Å². The topological polar surface area (TPSA) is 36.4 Å². The SMILES string of the molecule is O[C@H]1CCN(c2ccnc3c(Cl)cc(Br)cc23)C1. The number of benzene rings is 1. The number of halogens is 2. The minimum Gasteiger partial charge on any atom is -0.391 e. The Bertz CT molecular complexity index is 605. The predicted octanol–water partition coefficient (Wildman–Crippen LogP) is 3.22. The average molecular weight is 328 g/mol. The molecule has 5 heteroatoms. The zero-order valence-corrected chi connectivity index (χ0v) is 11.9. The molecule has 1 saturated heterocycles. The number of fused-ring (bicyclic) bond motifs is 1. The fourth-order valence-corrected chi connectivity index (χ4v) is 3.26. The van der Waals surface area contributed by atoms with Gasteiger partial charge in [-0.2, -0.15) is 0 Å². The molecular formula is C13H12BrClN2O. The van der Waals surface area contributed by atoms with E-state index in [9.17, 15) is 5.11 Å². The van der Waals surface area contributed by atoms with Crippen molar-refractivity contribution in [1.29, 1.82) is 0 Å². The molecule has 18 heavy (non-hydrogen) atoms. The zero-order chi connectivity index (χ0) is 12.7. The van der Waals surface area contributed by atoms with Crippen LogP contribution in [0.25, 0.3) is 10.9 Å². The Kier molecular flexibility index (Phi) is 3.18. The number of aliphatic hydroxyl groups is 1. The van der Waals surface area contributed by atoms with Gasteiger partial charge in [0.25, 0.3) is 0 Å². The van der Waals surface area contributed by atoms with E-state index in [4.69, 9.17) is 11.6 Å². The molecule has 0 bridgehead atoms. The van der Waals surface area contributed by atoms with E-state index in [1.807, 2.05) is 18.2 Å². The van der Waals surface area contributed by atoms with E-state index in [0.717, 1.165) is 34.0 Å². The van der Waals surface area contributed by atoms with Crippen LogP contribution in [0.2, 0.25) is 5.02 Å². The summed E-state index contributed by atoms with van der Waals surface area (Å²) in [4.78, 5) is 6.51. The van der Waals surface area contributed by atoms with Crippen LogP contribution < -0.4 is 4.90 Å². The van der Waals surface area contributed by atoms with Crippen molar-refractivity contribution in [2.24, 2.45) is 0 Å². The number of hydrogen-bond donors (Lipinski definition) is 1. The maximum absolute atomic E-state index is 9.65. The molecule has 1 aromatic carbocycles. The van der Waals surface area contributed by atoms with Crippen LogP contribution in [0.15, 0.2) is 28.9 Å². The van der Waals surface area contributed by atoms with Crippen LogP contribution in [0.3, 0.4) is 0 Å². The van der Waals surface area contributed by atoms with Gasteiger partial charge in [0.1, 0.15) is 0 Å². The first-order chi connectivity index (χ1) is 8.65. The summed E-state index contributed by atoms with van der Waals surface area (Å²) < 4.78 is 0.939. The molecule has 3 rings (SSSR count). The number of β-amino-alcohol motifs (C(OH)–C–C–N with tert-alkyl or cyclic N) is 1. The summed E-state index contributed by atoms with van der Waals surface area (Å²) in [5, 5.41) is 11.3. The molecule has 1 aliphatic rings. The summed E-state index contributed by atoms with van der Waals surface area (Å²) in [5.74, 6) is 0. The van der Waals surface area contributed by atoms with Gasteiger partial charge in [0, 0.05) is 34.8 Å². The highest BCUT2D eigenvalue weighted by Crippen LogP contribution is 2.34. The van der Waals surface area contributed by atoms with Gasteiger partial charge >= 0.3 is 0 Å². The van der Waals surface area contributed by atoms with Gasteiger partial charge in [-0.25, -0.2) is 0 Å². The van der Waals surface area contributed by atoms with E-state index >= 15 is 0 Å². The molecule has 2 aromatic rings. The standard InChI is InChI=1S/C13H12BrClN2O/c14-8-5-10-12(17-4-2-9(18)7-17)1-3-16-13(10)11(15)6-8/h1,3,5-6,9,18H,2,4,7H2/t9-/m0/s1. The molecule has 1 fully saturated rings. The van der Waals surface area contributed by atoms with Crippen molar-refractivity contribution in [3.8, 4) is 0 Å². The van der Waals surface area contributed by atoms with Gasteiger partial charge in [0.15, 0.2) is 0 Å². The second kappa shape index (κ2) is 4.68. The highest BCUT2D eigenvalue weighted by Gasteiger charge is 2.22. The van der Waals surface area contributed by atoms with E-state index in [2.05, 4.69) is 25.8 Å². The number of aliphatic hydroxyl groups excluding tert-OH is 1. The van der Waals surface area contributed by atoms with Crippen molar-refractivity contribution in [3.05, 3.63) is 33.9 Å². The minimum absolute atomic E-state index is 0.240. The number of anilines is 1. The number of aromatic nitrogens is 1. The van der Waals surface area contributed by atoms with Crippen LogP contribution in [0.5, 0.6) is 0 Å². The smallest absolute Gasteiger partial charge is 0.0909 e. The zero-order valence-electron chi connectivity index (χ0n) is 9.61. The molecule has 2 heterocycles. The highest BCUT2D eigenvalue weighted by atomic mass is 79.9. The van der Waals surface area contributed by atoms with Crippen molar-refractivity contribution in [1.82, 2.24) is 4.98 Å². The largest absolute Gasteiger partial charge is 0.391 e. The van der Waals surface area contributed by atoms with Gasteiger partial charge in [-0.05, 0) is 24.6 Å². The molecule has 0 radical (unpaired) electrons. The van der Waals surface area contributed by atoms with Gasteiger partial charge in [-0.1, -0.05) is 27.5 Å². The Labute approximate surface area is 119 Å². The molecule has 94 valence electrons. The summed E-state index contributed by atoms with van der Waals surface area (Å²) in [6.45, 7) is 1.54. The molecule has 0 spiro atoms. The molecule has 1 atom stereocenters. The maximum atomic E-state index is 9.65. The number of hydrogen-bond acceptors (Lipinski definition) is 3. The third kappa shape index (κ3) is 2.09. The van der Waals surface area contributed by atoms with Crippen molar-refractivity contribution >= 4 is 44.1 Å². The maximum Gasteiger partial charge on any atom is 0.0909 e. The Morgan fingerprint density at radius 1 is 1.44 bits per heavy atom. The summed E-state index contributed by atoms with van der Waals surface area (Å²) in [6.07, 6.45) is 2.34. The molecule has 0 amide bonds. The van der Waals surface area contributed by atoms with Crippen molar-refractivity contribution in [2.75, 3.05) is 18.0 Å². The molecule has 3 nitrogen and oxygen atoms in total. The fourth-order valence-electron chi connectivity index (χ4n) is 2.40. The third-order valence-corrected chi connectivity index (χ3v) is 3.99. The summed E-state index contributed by atoms with van der Waals surface area (Å²) in [5.41, 5.74) is 1.89. The molecule has 0 aliphatic carbocycles.